The standard InChI is InChI=1S/C31H29N5O3S2/c1-31(15-7-10-28-25(17-31)16-29(40-28)30(37)34(2)3)36(41(38,39)27-8-5-4-6-9-27)21-26-19-33-22-35(26)20-24-13-11-23(18-32)12-14-24/h4-17,19,22H,20-21H2,1-3H3. The van der Waals surface area contributed by atoms with E-state index in [0.29, 0.717) is 22.7 Å². The molecule has 0 saturated heterocycles. The van der Waals surface area contributed by atoms with E-state index >= 15 is 0 Å². The number of thiophene rings is 1. The minimum atomic E-state index is -3.99. The maximum Gasteiger partial charge on any atom is 0.263 e. The Morgan fingerprint density at radius 2 is 1.85 bits per heavy atom. The SMILES string of the molecule is CN(C)C(=O)c1cc2c(s1)=CC=CC(C)(N(Cc1cncn1Cc1ccc(C#N)cc1)S(=O)(=O)c1ccccc1)C=2. The van der Waals surface area contributed by atoms with Crippen LogP contribution in [0.2, 0.25) is 0 Å². The first-order valence-corrected chi connectivity index (χ1v) is 15.2. The van der Waals surface area contributed by atoms with Gasteiger partial charge in [-0.05, 0) is 54.1 Å². The first-order chi connectivity index (χ1) is 19.6. The first-order valence-electron chi connectivity index (χ1n) is 12.9. The number of imidazole rings is 1. The summed E-state index contributed by atoms with van der Waals surface area (Å²) in [4.78, 5) is 19.3. The fourth-order valence-electron chi connectivity index (χ4n) is 4.72. The second-order valence-electron chi connectivity index (χ2n) is 10.2. The lowest BCUT2D eigenvalue weighted by atomic mass is 10.0. The van der Waals surface area contributed by atoms with Crippen molar-refractivity contribution >= 4 is 39.4 Å². The third-order valence-electron chi connectivity index (χ3n) is 6.95. The molecule has 2 aromatic heterocycles. The van der Waals surface area contributed by atoms with Crippen LogP contribution in [0.4, 0.5) is 0 Å². The van der Waals surface area contributed by atoms with Crippen molar-refractivity contribution in [3.05, 3.63) is 117 Å². The maximum atomic E-state index is 14.3. The van der Waals surface area contributed by atoms with Crippen LogP contribution in [0, 0.1) is 11.3 Å². The summed E-state index contributed by atoms with van der Waals surface area (Å²) in [6, 6.07) is 19.6. The Balaban J connectivity index is 1.59. The van der Waals surface area contributed by atoms with E-state index in [9.17, 15) is 13.2 Å². The highest BCUT2D eigenvalue weighted by Gasteiger charge is 2.38. The molecule has 0 N–H and O–H groups in total. The molecule has 0 spiro atoms. The van der Waals surface area contributed by atoms with Crippen LogP contribution in [0.5, 0.6) is 0 Å². The van der Waals surface area contributed by atoms with Crippen LogP contribution in [0.25, 0.3) is 12.2 Å². The zero-order valence-electron chi connectivity index (χ0n) is 22.9. The number of rotatable bonds is 8. The number of nitrogens with zero attached hydrogens (tertiary/aromatic N) is 5. The molecule has 1 unspecified atom stereocenters. The second kappa shape index (κ2) is 11.3. The molecule has 0 bridgehead atoms. The maximum absolute atomic E-state index is 14.3. The van der Waals surface area contributed by atoms with Gasteiger partial charge in [0.2, 0.25) is 10.0 Å². The summed E-state index contributed by atoms with van der Waals surface area (Å²) in [5.41, 5.74) is 1.17. The lowest BCUT2D eigenvalue weighted by Gasteiger charge is -2.36. The van der Waals surface area contributed by atoms with Gasteiger partial charge in [0.15, 0.2) is 0 Å². The molecule has 0 aliphatic heterocycles. The number of benzene rings is 2. The molecular weight excluding hydrogens is 555 g/mol. The van der Waals surface area contributed by atoms with Crippen LogP contribution < -0.4 is 9.75 Å². The van der Waals surface area contributed by atoms with Gasteiger partial charge in [-0.3, -0.25) is 4.79 Å². The summed E-state index contributed by atoms with van der Waals surface area (Å²) in [7, 11) is -0.571. The molecule has 1 amide bonds. The Labute approximate surface area is 243 Å². The average molecular weight is 584 g/mol. The predicted molar refractivity (Wildman–Crippen MR) is 160 cm³/mol. The van der Waals surface area contributed by atoms with Gasteiger partial charge in [0.05, 0.1) is 45.5 Å². The van der Waals surface area contributed by atoms with Gasteiger partial charge in [0, 0.05) is 31.4 Å². The summed E-state index contributed by atoms with van der Waals surface area (Å²) in [5.74, 6) is -0.101. The molecule has 0 fully saturated rings. The summed E-state index contributed by atoms with van der Waals surface area (Å²) in [5, 5.41) is 9.92. The fraction of sp³-hybridized carbons (Fsp3) is 0.194. The number of hydrogen-bond acceptors (Lipinski definition) is 6. The number of fused-ring (bicyclic) bond motifs is 1. The average Bonchev–Trinajstić information content (AvgIpc) is 3.54. The molecule has 1 aliphatic carbocycles. The van der Waals surface area contributed by atoms with E-state index in [4.69, 9.17) is 5.26 Å². The number of carbonyl (C=O) groups is 1. The van der Waals surface area contributed by atoms with Gasteiger partial charge >= 0.3 is 0 Å². The van der Waals surface area contributed by atoms with E-state index in [-0.39, 0.29) is 17.3 Å². The van der Waals surface area contributed by atoms with Crippen LogP contribution in [0.1, 0.15) is 33.4 Å². The zero-order chi connectivity index (χ0) is 29.2. The Kier molecular flexibility index (Phi) is 7.78. The minimum absolute atomic E-state index is 0.0494. The predicted octanol–water partition coefficient (Wildman–Crippen LogP) is 3.35. The number of hydrogen-bond donors (Lipinski definition) is 0. The van der Waals surface area contributed by atoms with Crippen molar-refractivity contribution in [3.8, 4) is 6.07 Å². The van der Waals surface area contributed by atoms with Crippen molar-refractivity contribution < 1.29 is 13.2 Å². The molecule has 41 heavy (non-hydrogen) atoms. The molecule has 5 rings (SSSR count). The molecule has 208 valence electrons. The van der Waals surface area contributed by atoms with Gasteiger partial charge in [0.25, 0.3) is 5.91 Å². The number of allylic oxidation sites excluding steroid dienone is 1. The van der Waals surface area contributed by atoms with Crippen molar-refractivity contribution in [2.75, 3.05) is 14.1 Å². The van der Waals surface area contributed by atoms with Crippen LogP contribution in [-0.2, 0) is 23.1 Å². The zero-order valence-corrected chi connectivity index (χ0v) is 24.6. The Morgan fingerprint density at radius 3 is 2.54 bits per heavy atom. The van der Waals surface area contributed by atoms with Gasteiger partial charge in [-0.25, -0.2) is 13.4 Å². The van der Waals surface area contributed by atoms with Crippen molar-refractivity contribution in [3.63, 3.8) is 0 Å². The largest absolute Gasteiger partial charge is 0.344 e. The summed E-state index contributed by atoms with van der Waals surface area (Å²) in [6.07, 6.45) is 10.9. The number of sulfonamides is 1. The van der Waals surface area contributed by atoms with Gasteiger partial charge in [-0.2, -0.15) is 9.57 Å². The highest BCUT2D eigenvalue weighted by atomic mass is 32.2. The minimum Gasteiger partial charge on any atom is -0.344 e. The van der Waals surface area contributed by atoms with Gasteiger partial charge in [0.1, 0.15) is 0 Å². The van der Waals surface area contributed by atoms with E-state index in [0.717, 1.165) is 15.3 Å². The fourth-order valence-corrected chi connectivity index (χ4v) is 7.49. The summed E-state index contributed by atoms with van der Waals surface area (Å²) < 4.78 is 32.8. The van der Waals surface area contributed by atoms with Gasteiger partial charge in [-0.1, -0.05) is 48.6 Å². The third kappa shape index (κ3) is 5.79. The molecule has 4 aromatic rings. The van der Waals surface area contributed by atoms with E-state index in [1.165, 1.54) is 20.5 Å². The van der Waals surface area contributed by atoms with E-state index < -0.39 is 15.6 Å². The van der Waals surface area contributed by atoms with Crippen molar-refractivity contribution in [1.29, 1.82) is 5.26 Å². The van der Waals surface area contributed by atoms with Crippen molar-refractivity contribution in [2.45, 2.75) is 30.4 Å². The molecule has 0 saturated carbocycles. The first kappa shape index (κ1) is 28.2. The number of amides is 1. The molecule has 1 atom stereocenters. The number of aromatic nitrogens is 2. The Hall–Kier alpha value is -4.30. The van der Waals surface area contributed by atoms with Gasteiger partial charge < -0.3 is 9.47 Å². The number of nitriles is 1. The molecule has 2 aromatic carbocycles. The summed E-state index contributed by atoms with van der Waals surface area (Å²) >= 11 is 1.38. The smallest absolute Gasteiger partial charge is 0.263 e. The second-order valence-corrected chi connectivity index (χ2v) is 13.1. The normalized spacial score (nSPS) is 16.3. The van der Waals surface area contributed by atoms with Crippen LogP contribution in [0.15, 0.2) is 90.2 Å². The topological polar surface area (TPSA) is 99.3 Å². The quantitative estimate of drug-likeness (QED) is 0.317. The Morgan fingerprint density at radius 1 is 1.12 bits per heavy atom. The molecule has 1 aliphatic rings. The highest BCUT2D eigenvalue weighted by molar-refractivity contribution is 7.89. The van der Waals surface area contributed by atoms with Gasteiger partial charge in [-0.15, -0.1) is 11.3 Å². The number of carbonyl (C=O) groups excluding carboxylic acids is 1. The third-order valence-corrected chi connectivity index (χ3v) is 10.0. The van der Waals surface area contributed by atoms with E-state index in [1.54, 1.807) is 69.1 Å². The van der Waals surface area contributed by atoms with E-state index in [2.05, 4.69) is 11.1 Å². The summed E-state index contributed by atoms with van der Waals surface area (Å²) in [6.45, 7) is 2.38. The highest BCUT2D eigenvalue weighted by Crippen LogP contribution is 2.30. The molecule has 8 nitrogen and oxygen atoms in total. The molecule has 10 heteroatoms. The lowest BCUT2D eigenvalue weighted by Crippen LogP contribution is -2.47. The van der Waals surface area contributed by atoms with Crippen LogP contribution in [0.3, 0.4) is 0 Å². The lowest BCUT2D eigenvalue weighted by molar-refractivity contribution is 0.0832. The molecular formula is C31H29N5O3S2. The van der Waals surface area contributed by atoms with Crippen molar-refractivity contribution in [1.82, 2.24) is 18.8 Å². The Bertz CT molecular complexity index is 1880. The van der Waals surface area contributed by atoms with E-state index in [1.807, 2.05) is 54.0 Å². The van der Waals surface area contributed by atoms with Crippen LogP contribution in [-0.4, -0.2) is 52.7 Å². The van der Waals surface area contributed by atoms with Crippen LogP contribution >= 0.6 is 11.3 Å². The monoisotopic (exact) mass is 583 g/mol. The van der Waals surface area contributed by atoms with Crippen molar-refractivity contribution in [2.24, 2.45) is 0 Å². The molecule has 2 heterocycles. The molecule has 0 radical (unpaired) electrons.